The Hall–Kier alpha value is -1.98. The highest BCUT2D eigenvalue weighted by Gasteiger charge is 2.48. The SMILES string of the molecule is BrB(Br)Br.C.CC#N.CC12CCCCCC(Cc3cc(Cl)c(O)cc31)C2N.COc1cc2c(cc1Cl)CC1CCCCCC2(C)C1N.COc1ccc2c(c1)C1(C)CCCCCC(C2)C1CC(=O)OC(C)(C)C. The molecule has 0 aromatic heterocycles. The van der Waals surface area contributed by atoms with Gasteiger partial charge in [0.05, 0.1) is 30.3 Å². The van der Waals surface area contributed by atoms with Crippen LogP contribution in [0.5, 0.6) is 17.2 Å². The molecule has 9 rings (SSSR count). The second kappa shape index (κ2) is 28.1. The van der Waals surface area contributed by atoms with Crippen molar-refractivity contribution in [2.45, 2.75) is 212 Å². The quantitative estimate of drug-likeness (QED) is 0.173. The summed E-state index contributed by atoms with van der Waals surface area (Å²) in [6, 6.07) is 16.8. The first-order valence-corrected chi connectivity index (χ1v) is 30.0. The van der Waals surface area contributed by atoms with E-state index in [2.05, 4.69) is 98.4 Å². The predicted molar refractivity (Wildman–Crippen MR) is 317 cm³/mol. The molecule has 3 saturated carbocycles. The van der Waals surface area contributed by atoms with Gasteiger partial charge >= 0.3 is 9.15 Å². The number of nitrogens with zero attached hydrogens (tertiary/aromatic N) is 1. The van der Waals surface area contributed by atoms with E-state index in [0.29, 0.717) is 35.1 Å². The van der Waals surface area contributed by atoms with Crippen molar-refractivity contribution in [1.29, 1.82) is 5.26 Å². The highest BCUT2D eigenvalue weighted by Crippen LogP contribution is 2.53. The average molecular weight is 1240 g/mol. The molecule has 6 bridgehead atoms. The largest absolute Gasteiger partial charge is 0.506 e. The Bertz CT molecular complexity index is 2330. The standard InChI is InChI=1S/C23H34O3.C17H24ClNO.C16H22ClNO.C2H3N.CH4.BBr3/c1-22(2,3)26-21(24)15-20-16-9-7-6-8-12-23(20,4)19-14-18(25-5)11-10-17(19)13-16;1-17-7-5-3-4-6-11(16(17)19)8-12-9-14(18)15(20-2)10-13(12)17;1-16-6-4-2-3-5-10(15(16)18)7-11-8-13(17)14(19)9-12(11)16;1-2-3;;2-1(3)4/h10-11,14,16,20H,6-9,12-13,15H2,1-5H3;9-11,16H,3-8,19H2,1-2H3;8-10,15,19H,2-7,18H2,1H3;1H3;1H4;. The number of halogens is 5. The molecule has 0 saturated heterocycles. The van der Waals surface area contributed by atoms with Crippen LogP contribution in [0.4, 0.5) is 0 Å². The molecule has 406 valence electrons. The van der Waals surface area contributed by atoms with Crippen LogP contribution in [0, 0.1) is 35.0 Å². The maximum atomic E-state index is 12.7. The van der Waals surface area contributed by atoms with E-state index < -0.39 is 5.60 Å². The zero-order chi connectivity index (χ0) is 53.2. The van der Waals surface area contributed by atoms with Crippen molar-refractivity contribution in [1.82, 2.24) is 0 Å². The van der Waals surface area contributed by atoms with Gasteiger partial charge in [0.15, 0.2) is 0 Å². The molecule has 8 nitrogen and oxygen atoms in total. The van der Waals surface area contributed by atoms with Gasteiger partial charge in [0.25, 0.3) is 0 Å². The fourth-order valence-electron chi connectivity index (χ4n) is 13.5. The first-order chi connectivity index (χ1) is 34.0. The molecule has 0 amide bonds. The number of esters is 1. The van der Waals surface area contributed by atoms with E-state index in [1.54, 1.807) is 20.3 Å². The molecule has 3 aromatic rings. The molecule has 14 heteroatoms. The van der Waals surface area contributed by atoms with Gasteiger partial charge in [-0.25, -0.2) is 0 Å². The van der Waals surface area contributed by atoms with E-state index in [0.717, 1.165) is 48.6 Å². The zero-order valence-electron chi connectivity index (χ0n) is 44.6. The van der Waals surface area contributed by atoms with Crippen LogP contribution < -0.4 is 20.9 Å². The summed E-state index contributed by atoms with van der Waals surface area (Å²) in [5.74, 6) is 3.89. The first kappa shape index (κ1) is 63.6. The van der Waals surface area contributed by atoms with Crippen LogP contribution in [-0.2, 0) is 45.0 Å². The summed E-state index contributed by atoms with van der Waals surface area (Å²) in [5.41, 5.74) is 21.0. The van der Waals surface area contributed by atoms with E-state index in [-0.39, 0.29) is 50.7 Å². The summed E-state index contributed by atoms with van der Waals surface area (Å²) >= 11 is 21.7. The highest BCUT2D eigenvalue weighted by molar-refractivity contribution is 9.69. The zero-order valence-corrected chi connectivity index (χ0v) is 50.9. The smallest absolute Gasteiger partial charge is 0.369 e. The number of benzene rings is 3. The Labute approximate surface area is 475 Å². The van der Waals surface area contributed by atoms with E-state index >= 15 is 0 Å². The van der Waals surface area contributed by atoms with E-state index in [4.69, 9.17) is 54.1 Å². The predicted octanol–water partition coefficient (Wildman–Crippen LogP) is 16.6. The Kier molecular flexibility index (Phi) is 24.4. The number of aromatic hydroxyl groups is 1. The fraction of sp³-hybridized carbons (Fsp3) is 0.661. The Morgan fingerprint density at radius 3 is 1.63 bits per heavy atom. The number of carbonyl (C=O) groups is 1. The van der Waals surface area contributed by atoms with E-state index in [1.807, 2.05) is 32.9 Å². The Balaban J connectivity index is 0.000000224. The molecule has 9 unspecified atom stereocenters. The number of nitriles is 1. The van der Waals surface area contributed by atoms with Gasteiger partial charge in [-0.05, 0) is 177 Å². The van der Waals surface area contributed by atoms with E-state index in [9.17, 15) is 9.90 Å². The number of hydrogen-bond acceptors (Lipinski definition) is 8. The van der Waals surface area contributed by atoms with Crippen molar-refractivity contribution in [2.75, 3.05) is 14.2 Å². The highest BCUT2D eigenvalue weighted by atomic mass is 79.9. The number of phenolic OH excluding ortho intramolecular Hbond substituents is 1. The van der Waals surface area contributed by atoms with Gasteiger partial charge in [0.1, 0.15) is 22.8 Å². The molecule has 3 fully saturated rings. The molecule has 9 atom stereocenters. The van der Waals surface area contributed by atoms with Crippen molar-refractivity contribution in [3.05, 3.63) is 85.9 Å². The molecular weight excluding hydrogens is 1150 g/mol. The van der Waals surface area contributed by atoms with Gasteiger partial charge in [-0.15, -0.1) is 47.3 Å². The third-order valence-corrected chi connectivity index (χ3v) is 17.8. The van der Waals surface area contributed by atoms with Crippen molar-refractivity contribution >= 4 is 79.6 Å². The average Bonchev–Trinajstić information content (AvgIpc) is 3.30. The van der Waals surface area contributed by atoms with Gasteiger partial charge in [-0.1, -0.05) is 115 Å². The molecular formula is C59H87BBr3Cl2N3O5. The van der Waals surface area contributed by atoms with Crippen molar-refractivity contribution in [2.24, 2.45) is 35.1 Å². The summed E-state index contributed by atoms with van der Waals surface area (Å²) < 4.78 is 16.9. The normalized spacial score (nSPS) is 28.6. The molecule has 6 aliphatic rings. The fourth-order valence-corrected chi connectivity index (χ4v) is 13.9. The van der Waals surface area contributed by atoms with Gasteiger partial charge in [0, 0.05) is 36.3 Å². The van der Waals surface area contributed by atoms with Crippen LogP contribution in [-0.4, -0.2) is 46.2 Å². The molecule has 3 aromatic carbocycles. The number of methoxy groups -OCH3 is 2. The number of phenols is 1. The number of fused-ring (bicyclic) bond motifs is 12. The molecule has 6 aliphatic carbocycles. The summed E-state index contributed by atoms with van der Waals surface area (Å²) in [4.78, 5) is 12.7. The van der Waals surface area contributed by atoms with Crippen molar-refractivity contribution in [3.8, 4) is 23.3 Å². The Morgan fingerprint density at radius 2 is 1.15 bits per heavy atom. The van der Waals surface area contributed by atoms with Gasteiger partial charge in [-0.3, -0.25) is 4.79 Å². The lowest BCUT2D eigenvalue weighted by atomic mass is 9.55. The summed E-state index contributed by atoms with van der Waals surface area (Å²) in [6.07, 6.45) is 22.3. The van der Waals surface area contributed by atoms with Gasteiger partial charge in [0.2, 0.25) is 0 Å². The van der Waals surface area contributed by atoms with Crippen molar-refractivity contribution < 1.29 is 24.1 Å². The second-order valence-electron chi connectivity index (χ2n) is 23.0. The maximum Gasteiger partial charge on any atom is 0.369 e. The molecule has 0 heterocycles. The molecule has 0 aliphatic heterocycles. The third-order valence-electron chi connectivity index (χ3n) is 17.2. The summed E-state index contributed by atoms with van der Waals surface area (Å²) in [5, 5.41) is 18.4. The lowest BCUT2D eigenvalue weighted by Gasteiger charge is -2.49. The second-order valence-corrected chi connectivity index (χ2v) is 30.2. The molecule has 0 spiro atoms. The van der Waals surface area contributed by atoms with Crippen LogP contribution in [0.15, 0.2) is 42.5 Å². The summed E-state index contributed by atoms with van der Waals surface area (Å²) in [7, 11) is 3.41. The monoisotopic (exact) mass is 1240 g/mol. The molecule has 73 heavy (non-hydrogen) atoms. The first-order valence-electron chi connectivity index (χ1n) is 26.5. The van der Waals surface area contributed by atoms with Gasteiger partial charge < -0.3 is 30.8 Å². The topological polar surface area (TPSA) is 141 Å². The minimum atomic E-state index is -0.421. The Morgan fingerprint density at radius 1 is 0.712 bits per heavy atom. The van der Waals surface area contributed by atoms with Crippen LogP contribution in [0.25, 0.3) is 0 Å². The molecule has 5 N–H and O–H groups in total. The summed E-state index contributed by atoms with van der Waals surface area (Å²) in [6.45, 7) is 14.3. The minimum Gasteiger partial charge on any atom is -0.506 e. The number of hydrogen-bond donors (Lipinski definition) is 3. The third kappa shape index (κ3) is 15.8. The lowest BCUT2D eigenvalue weighted by Crippen LogP contribution is -2.52. The molecule has 0 radical (unpaired) electrons. The van der Waals surface area contributed by atoms with Crippen LogP contribution in [0.2, 0.25) is 10.0 Å². The van der Waals surface area contributed by atoms with Crippen molar-refractivity contribution in [3.63, 3.8) is 0 Å². The minimum absolute atomic E-state index is 0. The number of nitrogens with two attached hydrogens (primary N) is 2. The lowest BCUT2D eigenvalue weighted by molar-refractivity contribution is -0.157. The number of rotatable bonds is 4. The number of carbonyl (C=O) groups excluding carboxylic acids is 1. The van der Waals surface area contributed by atoms with E-state index in [1.165, 1.54) is 124 Å². The van der Waals surface area contributed by atoms with Crippen LogP contribution in [0.1, 0.15) is 192 Å². The number of ether oxygens (including phenoxy) is 3. The van der Waals surface area contributed by atoms with Crippen LogP contribution >= 0.6 is 70.5 Å². The van der Waals surface area contributed by atoms with Crippen LogP contribution in [0.3, 0.4) is 0 Å². The van der Waals surface area contributed by atoms with Gasteiger partial charge in [-0.2, -0.15) is 5.26 Å². The maximum absolute atomic E-state index is 12.7.